The number of hydrogen-bond donors (Lipinski definition) is 4. The monoisotopic (exact) mass is 565 g/mol. The molecule has 41 heavy (non-hydrogen) atoms. The minimum atomic E-state index is -1.09. The number of ketones is 1. The number of anilines is 1. The highest BCUT2D eigenvalue weighted by molar-refractivity contribution is 6.37. The van der Waals surface area contributed by atoms with Crippen molar-refractivity contribution in [2.75, 3.05) is 11.9 Å². The molecule has 0 aromatic heterocycles. The summed E-state index contributed by atoms with van der Waals surface area (Å²) < 4.78 is 0. The predicted molar refractivity (Wildman–Crippen MR) is 153 cm³/mol. The zero-order chi connectivity index (χ0) is 29.5. The van der Waals surface area contributed by atoms with Gasteiger partial charge in [-0.3, -0.25) is 24.0 Å². The molecular weight excluding hydrogens is 522 g/mol. The SMILES string of the molecule is CCCC(NC(=O)C1C2C(CN1C(=O)C(NC(=O)C1Cc3ccccc3N1)C1CCCCC1)C2(C)C)C(=O)C(N)=O. The molecule has 2 heterocycles. The number of nitrogens with zero attached hydrogens (tertiary/aromatic N) is 1. The van der Waals surface area contributed by atoms with Crippen LogP contribution in [0.5, 0.6) is 0 Å². The van der Waals surface area contributed by atoms with Crippen LogP contribution < -0.4 is 21.7 Å². The summed E-state index contributed by atoms with van der Waals surface area (Å²) in [6.45, 7) is 6.45. The number of Topliss-reactive ketones (excluding diaryl/α,β-unsaturated/α-hetero) is 1. The molecule has 4 aliphatic rings. The largest absolute Gasteiger partial charge is 0.373 e. The summed E-state index contributed by atoms with van der Waals surface area (Å²) in [6.07, 6.45) is 6.17. The summed E-state index contributed by atoms with van der Waals surface area (Å²) in [5, 5.41) is 9.14. The van der Waals surface area contributed by atoms with Crippen molar-refractivity contribution in [2.24, 2.45) is 28.9 Å². The van der Waals surface area contributed by atoms with Crippen LogP contribution in [-0.2, 0) is 30.4 Å². The number of para-hydroxylation sites is 1. The number of benzene rings is 1. The minimum Gasteiger partial charge on any atom is -0.373 e. The third-order valence-corrected chi connectivity index (χ3v) is 9.99. The van der Waals surface area contributed by atoms with Gasteiger partial charge in [0.2, 0.25) is 23.5 Å². The van der Waals surface area contributed by atoms with Crippen molar-refractivity contribution in [1.29, 1.82) is 0 Å². The Bertz CT molecular complexity index is 1200. The Labute approximate surface area is 241 Å². The van der Waals surface area contributed by atoms with E-state index in [-0.39, 0.29) is 41.4 Å². The summed E-state index contributed by atoms with van der Waals surface area (Å²) in [6, 6.07) is 4.81. The highest BCUT2D eigenvalue weighted by Gasteiger charge is 2.69. The fraction of sp³-hybridized carbons (Fsp3) is 0.645. The van der Waals surface area contributed by atoms with Gasteiger partial charge in [-0.25, -0.2) is 0 Å². The highest BCUT2D eigenvalue weighted by Crippen LogP contribution is 2.65. The average Bonchev–Trinajstić information content (AvgIpc) is 3.33. The summed E-state index contributed by atoms with van der Waals surface area (Å²) in [4.78, 5) is 67.3. The van der Waals surface area contributed by atoms with E-state index in [9.17, 15) is 24.0 Å². The molecule has 0 radical (unpaired) electrons. The topological polar surface area (TPSA) is 151 Å². The third-order valence-electron chi connectivity index (χ3n) is 9.99. The molecule has 6 atom stereocenters. The molecule has 10 heteroatoms. The average molecular weight is 566 g/mol. The summed E-state index contributed by atoms with van der Waals surface area (Å²) in [5.41, 5.74) is 7.12. The minimum absolute atomic E-state index is 0.0121. The molecule has 1 aromatic carbocycles. The number of rotatable bonds is 10. The van der Waals surface area contributed by atoms with E-state index >= 15 is 0 Å². The van der Waals surface area contributed by atoms with E-state index in [2.05, 4.69) is 29.8 Å². The van der Waals surface area contributed by atoms with Crippen LogP contribution in [0.1, 0.15) is 71.3 Å². The number of piperidine rings is 1. The lowest BCUT2D eigenvalue weighted by molar-refractivity contribution is -0.145. The predicted octanol–water partition coefficient (Wildman–Crippen LogP) is 1.91. The van der Waals surface area contributed by atoms with E-state index in [0.717, 1.165) is 43.4 Å². The number of amides is 4. The normalized spacial score (nSPS) is 27.5. The van der Waals surface area contributed by atoms with Gasteiger partial charge in [0.1, 0.15) is 18.1 Å². The van der Waals surface area contributed by atoms with Gasteiger partial charge in [-0.15, -0.1) is 0 Å². The Balaban J connectivity index is 1.36. The molecule has 1 aromatic rings. The van der Waals surface area contributed by atoms with Crippen LogP contribution in [0.3, 0.4) is 0 Å². The first kappa shape index (κ1) is 29.1. The van der Waals surface area contributed by atoms with E-state index in [1.807, 2.05) is 31.2 Å². The molecule has 6 unspecified atom stereocenters. The van der Waals surface area contributed by atoms with Crippen LogP contribution in [0.2, 0.25) is 0 Å². The highest BCUT2D eigenvalue weighted by atomic mass is 16.2. The second-order valence-corrected chi connectivity index (χ2v) is 12.9. The first-order chi connectivity index (χ1) is 19.5. The third kappa shape index (κ3) is 5.57. The zero-order valence-corrected chi connectivity index (χ0v) is 24.3. The second kappa shape index (κ2) is 11.4. The number of primary amides is 1. The molecule has 2 saturated carbocycles. The summed E-state index contributed by atoms with van der Waals surface area (Å²) >= 11 is 0. The first-order valence-corrected chi connectivity index (χ1v) is 15.1. The van der Waals surface area contributed by atoms with Crippen LogP contribution in [0.4, 0.5) is 5.69 Å². The summed E-state index contributed by atoms with van der Waals surface area (Å²) in [7, 11) is 0. The van der Waals surface area contributed by atoms with Gasteiger partial charge < -0.3 is 26.6 Å². The second-order valence-electron chi connectivity index (χ2n) is 12.9. The number of carbonyl (C=O) groups is 5. The molecule has 5 rings (SSSR count). The summed E-state index contributed by atoms with van der Waals surface area (Å²) in [5.74, 6) is -2.75. The van der Waals surface area contributed by atoms with Gasteiger partial charge in [-0.1, -0.05) is 64.7 Å². The van der Waals surface area contributed by atoms with Crippen LogP contribution in [-0.4, -0.2) is 65.0 Å². The van der Waals surface area contributed by atoms with Crippen molar-refractivity contribution in [3.05, 3.63) is 29.8 Å². The molecule has 2 aliphatic heterocycles. The number of likely N-dealkylation sites (tertiary alicyclic amines) is 1. The molecule has 0 bridgehead atoms. The van der Waals surface area contributed by atoms with E-state index in [1.165, 1.54) is 0 Å². The Morgan fingerprint density at radius 1 is 1.05 bits per heavy atom. The van der Waals surface area contributed by atoms with E-state index in [1.54, 1.807) is 4.90 Å². The molecule has 1 saturated heterocycles. The molecule has 3 fully saturated rings. The lowest BCUT2D eigenvalue weighted by Gasteiger charge is -2.37. The van der Waals surface area contributed by atoms with Crippen molar-refractivity contribution < 1.29 is 24.0 Å². The van der Waals surface area contributed by atoms with Gasteiger partial charge in [0.05, 0.1) is 6.04 Å². The maximum atomic E-state index is 14.3. The van der Waals surface area contributed by atoms with Gasteiger partial charge in [0, 0.05) is 18.7 Å². The Morgan fingerprint density at radius 2 is 1.76 bits per heavy atom. The van der Waals surface area contributed by atoms with Gasteiger partial charge in [-0.2, -0.15) is 0 Å². The Hall–Kier alpha value is -3.43. The Kier molecular flexibility index (Phi) is 8.12. The number of fused-ring (bicyclic) bond motifs is 2. The van der Waals surface area contributed by atoms with Crippen LogP contribution >= 0.6 is 0 Å². The van der Waals surface area contributed by atoms with Crippen molar-refractivity contribution in [3.63, 3.8) is 0 Å². The van der Waals surface area contributed by atoms with E-state index in [4.69, 9.17) is 5.73 Å². The molecule has 5 N–H and O–H groups in total. The van der Waals surface area contributed by atoms with Crippen molar-refractivity contribution in [2.45, 2.75) is 96.3 Å². The quantitative estimate of drug-likeness (QED) is 0.318. The standard InChI is InChI=1S/C31H43N5O5/c1-4-10-21(26(37)27(32)38)34-29(40)25-23-19(31(23,2)3)16-36(25)30(41)24(17-11-6-5-7-12-17)35-28(39)22-15-18-13-8-9-14-20(18)33-22/h8-9,13-14,17,19,21-25,33H,4-7,10-12,15-16H2,1-3H3,(H2,32,38)(H,34,40)(H,35,39). The number of nitrogens with two attached hydrogens (primary N) is 1. The maximum Gasteiger partial charge on any atom is 0.287 e. The molecule has 222 valence electrons. The van der Waals surface area contributed by atoms with Crippen molar-refractivity contribution in [1.82, 2.24) is 15.5 Å². The number of nitrogens with one attached hydrogen (secondary N) is 3. The van der Waals surface area contributed by atoms with Gasteiger partial charge in [-0.05, 0) is 54.1 Å². The number of hydrogen-bond acceptors (Lipinski definition) is 6. The molecule has 2 aliphatic carbocycles. The van der Waals surface area contributed by atoms with Gasteiger partial charge in [0.15, 0.2) is 0 Å². The Morgan fingerprint density at radius 3 is 2.41 bits per heavy atom. The van der Waals surface area contributed by atoms with Crippen LogP contribution in [0.15, 0.2) is 24.3 Å². The molecular formula is C31H43N5O5. The lowest BCUT2D eigenvalue weighted by atomic mass is 9.82. The first-order valence-electron chi connectivity index (χ1n) is 15.1. The maximum absolute atomic E-state index is 14.3. The molecule has 4 amide bonds. The van der Waals surface area contributed by atoms with Gasteiger partial charge >= 0.3 is 0 Å². The smallest absolute Gasteiger partial charge is 0.287 e. The fourth-order valence-corrected chi connectivity index (χ4v) is 7.54. The van der Waals surface area contributed by atoms with Crippen molar-refractivity contribution in [3.8, 4) is 0 Å². The van der Waals surface area contributed by atoms with Crippen LogP contribution in [0.25, 0.3) is 0 Å². The molecule has 10 nitrogen and oxygen atoms in total. The van der Waals surface area contributed by atoms with Crippen molar-refractivity contribution >= 4 is 35.1 Å². The van der Waals surface area contributed by atoms with Crippen LogP contribution in [0, 0.1) is 23.2 Å². The lowest BCUT2D eigenvalue weighted by Crippen LogP contribution is -2.60. The van der Waals surface area contributed by atoms with E-state index < -0.39 is 41.8 Å². The molecule has 0 spiro atoms. The number of carbonyl (C=O) groups excluding carboxylic acids is 5. The zero-order valence-electron chi connectivity index (χ0n) is 24.3. The van der Waals surface area contributed by atoms with E-state index in [0.29, 0.717) is 19.4 Å². The van der Waals surface area contributed by atoms with Gasteiger partial charge in [0.25, 0.3) is 5.91 Å². The fourth-order valence-electron chi connectivity index (χ4n) is 7.54.